The molecule has 1 aromatic carbocycles. The smallest absolute Gasteiger partial charge is 0.387 e. The van der Waals surface area contributed by atoms with E-state index >= 15 is 0 Å². The number of nitrogens with one attached hydrogen (secondary N) is 2. The summed E-state index contributed by atoms with van der Waals surface area (Å²) in [5, 5.41) is 19.4. The van der Waals surface area contributed by atoms with Crippen LogP contribution in [-0.4, -0.2) is 19.9 Å². The van der Waals surface area contributed by atoms with E-state index in [0.29, 0.717) is 16.8 Å². The van der Waals surface area contributed by atoms with E-state index in [-0.39, 0.29) is 16.3 Å². The van der Waals surface area contributed by atoms with Gasteiger partial charge in [-0.2, -0.15) is 14.0 Å². The van der Waals surface area contributed by atoms with Gasteiger partial charge in [-0.1, -0.05) is 11.6 Å². The molecule has 0 aliphatic rings. The Kier molecular flexibility index (Phi) is 5.47. The molecule has 0 saturated carbocycles. The van der Waals surface area contributed by atoms with Gasteiger partial charge in [-0.3, -0.25) is 0 Å². The number of alkyl halides is 2. The van der Waals surface area contributed by atoms with Crippen LogP contribution in [0, 0.1) is 16.7 Å². The summed E-state index contributed by atoms with van der Waals surface area (Å²) in [6, 6.07) is 4.44. The molecule has 106 valence electrons. The maximum Gasteiger partial charge on any atom is 0.387 e. The molecule has 20 heavy (non-hydrogen) atoms. The molecule has 2 N–H and O–H groups in total. The molecule has 0 bridgehead atoms. The standard InChI is InChI=1S/C13H12ClF2N3O/c1-7(5-17)12(19-2)9-3-8(14)4-11(10(9)6-18)20-13(15)16/h3-5,13,17,19H,1-2H3/b12-7-,17-5?. The van der Waals surface area contributed by atoms with Crippen molar-refractivity contribution in [3.63, 3.8) is 0 Å². The van der Waals surface area contributed by atoms with Crippen molar-refractivity contribution in [2.75, 3.05) is 7.05 Å². The van der Waals surface area contributed by atoms with E-state index in [0.717, 1.165) is 12.3 Å². The summed E-state index contributed by atoms with van der Waals surface area (Å²) in [6.45, 7) is -1.41. The van der Waals surface area contributed by atoms with Crippen LogP contribution in [0.1, 0.15) is 18.1 Å². The molecule has 4 nitrogen and oxygen atoms in total. The lowest BCUT2D eigenvalue weighted by molar-refractivity contribution is -0.0500. The first-order valence-corrected chi connectivity index (χ1v) is 5.90. The van der Waals surface area contributed by atoms with E-state index in [1.807, 2.05) is 6.07 Å². The van der Waals surface area contributed by atoms with Crippen molar-refractivity contribution in [1.82, 2.24) is 5.32 Å². The van der Waals surface area contributed by atoms with Crippen molar-refractivity contribution in [1.29, 1.82) is 10.7 Å². The maximum atomic E-state index is 12.4. The minimum absolute atomic E-state index is 0.0692. The second-order valence-electron chi connectivity index (χ2n) is 3.77. The first-order valence-electron chi connectivity index (χ1n) is 5.52. The van der Waals surface area contributed by atoms with Crippen molar-refractivity contribution in [2.45, 2.75) is 13.5 Å². The van der Waals surface area contributed by atoms with Crippen LogP contribution < -0.4 is 10.1 Å². The van der Waals surface area contributed by atoms with Crippen LogP contribution in [0.5, 0.6) is 5.75 Å². The Balaban J connectivity index is 3.58. The third-order valence-corrected chi connectivity index (χ3v) is 2.74. The molecule has 0 heterocycles. The van der Waals surface area contributed by atoms with Crippen molar-refractivity contribution in [3.05, 3.63) is 33.9 Å². The third kappa shape index (κ3) is 3.45. The van der Waals surface area contributed by atoms with Crippen LogP contribution in [-0.2, 0) is 0 Å². The summed E-state index contributed by atoms with van der Waals surface area (Å²) >= 11 is 5.87. The third-order valence-electron chi connectivity index (χ3n) is 2.52. The Hall–Kier alpha value is -2.13. The summed E-state index contributed by atoms with van der Waals surface area (Å²) < 4.78 is 29.1. The maximum absolute atomic E-state index is 12.4. The van der Waals surface area contributed by atoms with Gasteiger partial charge < -0.3 is 15.5 Å². The second-order valence-corrected chi connectivity index (χ2v) is 4.21. The van der Waals surface area contributed by atoms with Gasteiger partial charge in [0.1, 0.15) is 17.4 Å². The zero-order chi connectivity index (χ0) is 15.3. The van der Waals surface area contributed by atoms with Crippen LogP contribution in [0.3, 0.4) is 0 Å². The van der Waals surface area contributed by atoms with E-state index < -0.39 is 6.61 Å². The van der Waals surface area contributed by atoms with Crippen molar-refractivity contribution in [3.8, 4) is 11.8 Å². The summed E-state index contributed by atoms with van der Waals surface area (Å²) in [4.78, 5) is 0. The van der Waals surface area contributed by atoms with E-state index in [4.69, 9.17) is 17.0 Å². The Morgan fingerprint density at radius 1 is 1.55 bits per heavy atom. The van der Waals surface area contributed by atoms with Crippen molar-refractivity contribution < 1.29 is 13.5 Å². The van der Waals surface area contributed by atoms with Gasteiger partial charge in [0.05, 0.1) is 0 Å². The highest BCUT2D eigenvalue weighted by molar-refractivity contribution is 6.31. The van der Waals surface area contributed by atoms with E-state index in [9.17, 15) is 14.0 Å². The highest BCUT2D eigenvalue weighted by atomic mass is 35.5. The van der Waals surface area contributed by atoms with Gasteiger partial charge in [-0.15, -0.1) is 0 Å². The molecule has 0 spiro atoms. The average molecular weight is 300 g/mol. The van der Waals surface area contributed by atoms with Crippen molar-refractivity contribution >= 4 is 23.5 Å². The van der Waals surface area contributed by atoms with Gasteiger partial charge >= 0.3 is 6.61 Å². The fourth-order valence-electron chi connectivity index (χ4n) is 1.70. The number of hydrogen-bond donors (Lipinski definition) is 2. The van der Waals surface area contributed by atoms with Crippen LogP contribution in [0.4, 0.5) is 8.78 Å². The molecular formula is C13H12ClF2N3O. The topological polar surface area (TPSA) is 68.9 Å². The van der Waals surface area contributed by atoms with Gasteiger partial charge in [0.25, 0.3) is 0 Å². The van der Waals surface area contributed by atoms with Gasteiger partial charge in [-0.05, 0) is 18.6 Å². The summed E-state index contributed by atoms with van der Waals surface area (Å²) in [6.07, 6.45) is 1.08. The SMILES string of the molecule is CN/C(=C(/C)C=N)c1cc(Cl)cc(OC(F)F)c1C#N. The number of hydrogen-bond acceptors (Lipinski definition) is 4. The number of nitriles is 1. The summed E-state index contributed by atoms with van der Waals surface area (Å²) in [5.74, 6) is -0.296. The molecule has 1 rings (SSSR count). The minimum Gasteiger partial charge on any atom is -0.433 e. The Morgan fingerprint density at radius 3 is 2.65 bits per heavy atom. The molecule has 0 fully saturated rings. The molecular weight excluding hydrogens is 288 g/mol. The van der Waals surface area contributed by atoms with Crippen LogP contribution >= 0.6 is 11.6 Å². The molecule has 0 amide bonds. The zero-order valence-corrected chi connectivity index (χ0v) is 11.6. The molecule has 0 atom stereocenters. The van der Waals surface area contributed by atoms with Gasteiger partial charge in [0.2, 0.25) is 0 Å². The van der Waals surface area contributed by atoms with Gasteiger partial charge in [0, 0.05) is 35.6 Å². The predicted octanol–water partition coefficient (Wildman–Crippen LogP) is 3.41. The first-order chi connectivity index (χ1) is 9.44. The molecule has 0 radical (unpaired) electrons. The lowest BCUT2D eigenvalue weighted by atomic mass is 10.0. The first kappa shape index (κ1) is 15.9. The fourth-order valence-corrected chi connectivity index (χ4v) is 1.91. The highest BCUT2D eigenvalue weighted by Gasteiger charge is 2.18. The molecule has 0 unspecified atom stereocenters. The summed E-state index contributed by atoms with van der Waals surface area (Å²) in [7, 11) is 1.60. The predicted molar refractivity (Wildman–Crippen MR) is 73.2 cm³/mol. The van der Waals surface area contributed by atoms with E-state index in [1.165, 1.54) is 6.07 Å². The zero-order valence-electron chi connectivity index (χ0n) is 10.8. The normalized spacial score (nSPS) is 11.7. The molecule has 0 aliphatic heterocycles. The van der Waals surface area contributed by atoms with E-state index in [2.05, 4.69) is 10.1 Å². The lowest BCUT2D eigenvalue weighted by Crippen LogP contribution is -2.11. The molecule has 7 heteroatoms. The number of benzene rings is 1. The molecule has 0 aromatic heterocycles. The van der Waals surface area contributed by atoms with Crippen LogP contribution in [0.15, 0.2) is 17.7 Å². The van der Waals surface area contributed by atoms with Gasteiger partial charge in [-0.25, -0.2) is 0 Å². The Morgan fingerprint density at radius 2 is 2.20 bits per heavy atom. The number of ether oxygens (including phenoxy) is 1. The quantitative estimate of drug-likeness (QED) is 0.819. The largest absolute Gasteiger partial charge is 0.433 e. The summed E-state index contributed by atoms with van der Waals surface area (Å²) in [5.41, 5.74) is 1.20. The Labute approximate surface area is 120 Å². The lowest BCUT2D eigenvalue weighted by Gasteiger charge is -2.15. The minimum atomic E-state index is -3.06. The highest BCUT2D eigenvalue weighted by Crippen LogP contribution is 2.32. The monoisotopic (exact) mass is 299 g/mol. The fraction of sp³-hybridized carbons (Fsp3) is 0.231. The number of rotatable bonds is 5. The Bertz CT molecular complexity index is 594. The van der Waals surface area contributed by atoms with Gasteiger partial charge in [0.15, 0.2) is 0 Å². The van der Waals surface area contributed by atoms with Crippen LogP contribution in [0.25, 0.3) is 5.70 Å². The van der Waals surface area contributed by atoms with Crippen LogP contribution in [0.2, 0.25) is 5.02 Å². The number of halogens is 3. The van der Waals surface area contributed by atoms with Crippen molar-refractivity contribution in [2.24, 2.45) is 0 Å². The second kappa shape index (κ2) is 6.87. The molecule has 1 aromatic rings. The molecule has 0 aliphatic carbocycles. The molecule has 0 saturated heterocycles. The average Bonchev–Trinajstić information content (AvgIpc) is 2.38. The number of nitrogens with zero attached hydrogens (tertiary/aromatic N) is 1. The number of allylic oxidation sites excluding steroid dienone is 1. The van der Waals surface area contributed by atoms with E-state index in [1.54, 1.807) is 14.0 Å².